The number of amides is 1. The van der Waals surface area contributed by atoms with Gasteiger partial charge in [0.2, 0.25) is 0 Å². The maximum absolute atomic E-state index is 12.5. The average Bonchev–Trinajstić information content (AvgIpc) is 2.71. The number of hydrogen-bond acceptors (Lipinski definition) is 4. The highest BCUT2D eigenvalue weighted by molar-refractivity contribution is 8.00. The second-order valence-corrected chi connectivity index (χ2v) is 7.38. The normalized spacial score (nSPS) is 11.2. The van der Waals surface area contributed by atoms with Crippen LogP contribution in [-0.2, 0) is 0 Å². The summed E-state index contributed by atoms with van der Waals surface area (Å²) in [6.45, 7) is 0. The van der Waals surface area contributed by atoms with Crippen molar-refractivity contribution in [2.75, 3.05) is 15.8 Å². The van der Waals surface area contributed by atoms with Crippen molar-refractivity contribution in [2.24, 2.45) is 0 Å². The number of carbonyl (C=O) groups is 1. The molecule has 30 heavy (non-hydrogen) atoms. The van der Waals surface area contributed by atoms with Gasteiger partial charge in [0.25, 0.3) is 5.91 Å². The lowest BCUT2D eigenvalue weighted by Crippen LogP contribution is -2.12. The van der Waals surface area contributed by atoms with Crippen molar-refractivity contribution in [3.8, 4) is 16.9 Å². The van der Waals surface area contributed by atoms with Crippen LogP contribution in [0.2, 0.25) is 0 Å². The fraction of sp³-hybridized carbons (Fsp3) is 0.136. The van der Waals surface area contributed by atoms with E-state index in [-0.39, 0.29) is 17.4 Å². The van der Waals surface area contributed by atoms with Gasteiger partial charge in [0.1, 0.15) is 5.75 Å². The number of benzene rings is 3. The van der Waals surface area contributed by atoms with Gasteiger partial charge in [0, 0.05) is 22.7 Å². The Kier molecular flexibility index (Phi) is 6.89. The molecular weight excluding hydrogens is 413 g/mol. The molecule has 0 aromatic heterocycles. The highest BCUT2D eigenvalue weighted by atomic mass is 32.2. The summed E-state index contributed by atoms with van der Waals surface area (Å²) in [7, 11) is 0. The molecule has 0 aliphatic rings. The Labute approximate surface area is 176 Å². The van der Waals surface area contributed by atoms with Crippen LogP contribution in [0.15, 0.2) is 72.8 Å². The van der Waals surface area contributed by atoms with Gasteiger partial charge in [0.15, 0.2) is 0 Å². The number of rotatable bonds is 7. The molecule has 3 aromatic rings. The molecule has 0 fully saturated rings. The SMILES string of the molecule is O=C(Nc1cccc(NSCCC(F)(F)F)c1)c1ccc(-c2ccc(O)cc2)cc1. The van der Waals surface area contributed by atoms with Gasteiger partial charge < -0.3 is 15.1 Å². The van der Waals surface area contributed by atoms with Gasteiger partial charge in [-0.05, 0) is 53.6 Å². The van der Waals surface area contributed by atoms with E-state index in [0.717, 1.165) is 23.1 Å². The van der Waals surface area contributed by atoms with Crippen LogP contribution < -0.4 is 10.0 Å². The van der Waals surface area contributed by atoms with Gasteiger partial charge in [-0.25, -0.2) is 0 Å². The largest absolute Gasteiger partial charge is 0.508 e. The van der Waals surface area contributed by atoms with E-state index in [1.165, 1.54) is 0 Å². The quantitative estimate of drug-likeness (QED) is 0.302. The minimum absolute atomic E-state index is 0.104. The lowest BCUT2D eigenvalue weighted by atomic mass is 10.0. The molecule has 0 heterocycles. The van der Waals surface area contributed by atoms with Crippen molar-refractivity contribution in [3.63, 3.8) is 0 Å². The summed E-state index contributed by atoms with van der Waals surface area (Å²) < 4.78 is 39.4. The number of carbonyl (C=O) groups excluding carboxylic acids is 1. The van der Waals surface area contributed by atoms with E-state index in [4.69, 9.17) is 0 Å². The molecule has 0 saturated heterocycles. The first-order chi connectivity index (χ1) is 14.3. The summed E-state index contributed by atoms with van der Waals surface area (Å²) in [5.74, 6) is -0.215. The van der Waals surface area contributed by atoms with Crippen LogP contribution >= 0.6 is 11.9 Å². The zero-order chi connectivity index (χ0) is 21.6. The van der Waals surface area contributed by atoms with Crippen molar-refractivity contribution in [3.05, 3.63) is 78.4 Å². The van der Waals surface area contributed by atoms with Gasteiger partial charge in [0.05, 0.1) is 6.42 Å². The maximum Gasteiger partial charge on any atom is 0.389 e. The standard InChI is InChI=1S/C22H19F3N2O2S/c23-22(24,25)12-13-30-27-19-3-1-2-18(14-19)26-21(29)17-6-4-15(5-7-17)16-8-10-20(28)11-9-16/h1-11,14,27-28H,12-13H2,(H,26,29). The highest BCUT2D eigenvalue weighted by Crippen LogP contribution is 2.25. The summed E-state index contributed by atoms with van der Waals surface area (Å²) in [5, 5.41) is 12.1. The van der Waals surface area contributed by atoms with E-state index in [2.05, 4.69) is 10.0 Å². The molecule has 3 rings (SSSR count). The van der Waals surface area contributed by atoms with E-state index < -0.39 is 12.6 Å². The molecular formula is C22H19F3N2O2S. The molecule has 0 saturated carbocycles. The first-order valence-electron chi connectivity index (χ1n) is 9.06. The van der Waals surface area contributed by atoms with E-state index in [1.54, 1.807) is 60.7 Å². The molecule has 0 bridgehead atoms. The van der Waals surface area contributed by atoms with E-state index in [1.807, 2.05) is 12.1 Å². The molecule has 8 heteroatoms. The topological polar surface area (TPSA) is 61.4 Å². The zero-order valence-corrected chi connectivity index (χ0v) is 16.6. The van der Waals surface area contributed by atoms with Gasteiger partial charge in [-0.1, -0.05) is 42.3 Å². The number of hydrogen-bond donors (Lipinski definition) is 3. The Balaban J connectivity index is 1.58. The smallest absolute Gasteiger partial charge is 0.389 e. The Hall–Kier alpha value is -3.13. The Bertz CT molecular complexity index is 991. The fourth-order valence-corrected chi connectivity index (χ4v) is 3.36. The molecule has 0 spiro atoms. The summed E-state index contributed by atoms with van der Waals surface area (Å²) >= 11 is 0.959. The number of phenolic OH excluding ortho intramolecular Hbond substituents is 1. The predicted octanol–water partition coefficient (Wildman–Crippen LogP) is 6.32. The average molecular weight is 432 g/mol. The number of halogens is 3. The molecule has 156 valence electrons. The van der Waals surface area contributed by atoms with Crippen LogP contribution in [-0.4, -0.2) is 22.9 Å². The maximum atomic E-state index is 12.5. The van der Waals surface area contributed by atoms with Crippen molar-refractivity contribution in [1.29, 1.82) is 0 Å². The van der Waals surface area contributed by atoms with Crippen LogP contribution in [0.1, 0.15) is 16.8 Å². The summed E-state index contributed by atoms with van der Waals surface area (Å²) in [6, 6.07) is 20.6. The third-order valence-electron chi connectivity index (χ3n) is 4.15. The molecule has 3 aromatic carbocycles. The highest BCUT2D eigenvalue weighted by Gasteiger charge is 2.26. The zero-order valence-electron chi connectivity index (χ0n) is 15.7. The number of alkyl halides is 3. The molecule has 0 radical (unpaired) electrons. The molecule has 3 N–H and O–H groups in total. The summed E-state index contributed by atoms with van der Waals surface area (Å²) in [6.07, 6.45) is -5.05. The van der Waals surface area contributed by atoms with E-state index in [9.17, 15) is 23.1 Å². The fourth-order valence-electron chi connectivity index (χ4n) is 2.63. The van der Waals surface area contributed by atoms with Crippen LogP contribution in [0.4, 0.5) is 24.5 Å². The second-order valence-electron chi connectivity index (χ2n) is 6.47. The van der Waals surface area contributed by atoms with E-state index >= 15 is 0 Å². The minimum Gasteiger partial charge on any atom is -0.508 e. The van der Waals surface area contributed by atoms with Crippen molar-refractivity contribution >= 4 is 29.2 Å². The molecule has 0 unspecified atom stereocenters. The lowest BCUT2D eigenvalue weighted by Gasteiger charge is -2.10. The van der Waals surface area contributed by atoms with Crippen molar-refractivity contribution in [1.82, 2.24) is 0 Å². The van der Waals surface area contributed by atoms with Gasteiger partial charge >= 0.3 is 6.18 Å². The summed E-state index contributed by atoms with van der Waals surface area (Å²) in [5.41, 5.74) is 3.43. The molecule has 1 amide bonds. The number of nitrogens with one attached hydrogen (secondary N) is 2. The van der Waals surface area contributed by atoms with Crippen molar-refractivity contribution in [2.45, 2.75) is 12.6 Å². The molecule has 0 atom stereocenters. The van der Waals surface area contributed by atoms with Gasteiger partial charge in [-0.15, -0.1) is 0 Å². The third-order valence-corrected chi connectivity index (χ3v) is 4.93. The number of phenols is 1. The van der Waals surface area contributed by atoms with Crippen LogP contribution in [0.25, 0.3) is 11.1 Å². The Morgan fingerprint density at radius 1 is 0.900 bits per heavy atom. The molecule has 0 aliphatic carbocycles. The second kappa shape index (κ2) is 9.58. The van der Waals surface area contributed by atoms with Gasteiger partial charge in [-0.3, -0.25) is 4.79 Å². The lowest BCUT2D eigenvalue weighted by molar-refractivity contribution is -0.129. The number of anilines is 2. The van der Waals surface area contributed by atoms with Crippen molar-refractivity contribution < 1.29 is 23.1 Å². The molecule has 0 aliphatic heterocycles. The van der Waals surface area contributed by atoms with Crippen LogP contribution in [0.3, 0.4) is 0 Å². The minimum atomic E-state index is -4.18. The number of aromatic hydroxyl groups is 1. The van der Waals surface area contributed by atoms with Crippen LogP contribution in [0, 0.1) is 0 Å². The first-order valence-corrected chi connectivity index (χ1v) is 10.0. The third kappa shape index (κ3) is 6.45. The summed E-state index contributed by atoms with van der Waals surface area (Å²) in [4.78, 5) is 12.5. The Morgan fingerprint density at radius 2 is 1.50 bits per heavy atom. The predicted molar refractivity (Wildman–Crippen MR) is 115 cm³/mol. The Morgan fingerprint density at radius 3 is 2.13 bits per heavy atom. The van der Waals surface area contributed by atoms with Gasteiger partial charge in [-0.2, -0.15) is 13.2 Å². The van der Waals surface area contributed by atoms with Crippen LogP contribution in [0.5, 0.6) is 5.75 Å². The molecule has 4 nitrogen and oxygen atoms in total. The van der Waals surface area contributed by atoms with E-state index in [0.29, 0.717) is 16.9 Å². The first kappa shape index (κ1) is 21.6. The monoisotopic (exact) mass is 432 g/mol.